The number of rotatable bonds is 28. The Labute approximate surface area is 246 Å². The van der Waals surface area contributed by atoms with Gasteiger partial charge in [0.15, 0.2) is 0 Å². The van der Waals surface area contributed by atoms with Crippen molar-refractivity contribution >= 4 is 11.9 Å². The summed E-state index contributed by atoms with van der Waals surface area (Å²) in [4.78, 5) is 23.1. The maximum Gasteiger partial charge on any atom is 0.309 e. The molecule has 0 bridgehead atoms. The number of ether oxygens (including phenoxy) is 1. The molecule has 0 aromatic rings. The molecule has 0 radical (unpaired) electrons. The van der Waals surface area contributed by atoms with Crippen LogP contribution in [0.1, 0.15) is 149 Å². The Bertz CT molecular complexity index is 729. The fraction of sp³-hybridized carbons (Fsp3) is 0.667. The number of carboxylic acids is 1. The van der Waals surface area contributed by atoms with Crippen LogP contribution in [0.2, 0.25) is 0 Å². The summed E-state index contributed by atoms with van der Waals surface area (Å²) >= 11 is 0. The third kappa shape index (κ3) is 30.2. The third-order valence-electron chi connectivity index (χ3n) is 6.79. The Morgan fingerprint density at radius 3 is 1.48 bits per heavy atom. The standard InChI is InChI=1S/C36H60O4/c1-3-5-7-9-11-12-13-14-15-16-17-18-20-25-29-33-36(39)40-34(30-26-22-19-10-8-6-4-2)31-27-23-21-24-28-32-35(37)38/h5,7,11-12,14-15,17-18,25,29,34H,3-4,6,8-10,13,16,19-24,26-28,30-33H2,1-2H3,(H,37,38)/b7-5-,12-11-,15-14-,18-17-,29-25-. The summed E-state index contributed by atoms with van der Waals surface area (Å²) in [7, 11) is 0. The lowest BCUT2D eigenvalue weighted by Gasteiger charge is -2.18. The summed E-state index contributed by atoms with van der Waals surface area (Å²) in [6.07, 6.45) is 42.4. The zero-order valence-electron chi connectivity index (χ0n) is 25.9. The molecule has 0 aromatic heterocycles. The van der Waals surface area contributed by atoms with Crippen molar-refractivity contribution in [3.63, 3.8) is 0 Å². The highest BCUT2D eigenvalue weighted by Crippen LogP contribution is 2.17. The van der Waals surface area contributed by atoms with Gasteiger partial charge in [-0.1, -0.05) is 132 Å². The number of hydrogen-bond acceptors (Lipinski definition) is 3. The quantitative estimate of drug-likeness (QED) is 0.0591. The van der Waals surface area contributed by atoms with Gasteiger partial charge in [-0.25, -0.2) is 0 Å². The molecule has 0 saturated heterocycles. The van der Waals surface area contributed by atoms with Gasteiger partial charge >= 0.3 is 11.9 Å². The smallest absolute Gasteiger partial charge is 0.309 e. The molecule has 1 N–H and O–H groups in total. The molecule has 0 spiro atoms. The number of allylic oxidation sites excluding steroid dienone is 9. The maximum atomic E-state index is 12.5. The molecule has 40 heavy (non-hydrogen) atoms. The van der Waals surface area contributed by atoms with Crippen LogP contribution in [0.25, 0.3) is 0 Å². The van der Waals surface area contributed by atoms with Crippen LogP contribution in [0.5, 0.6) is 0 Å². The molecule has 4 nitrogen and oxygen atoms in total. The van der Waals surface area contributed by atoms with Crippen molar-refractivity contribution in [3.05, 3.63) is 60.8 Å². The van der Waals surface area contributed by atoms with Crippen molar-refractivity contribution < 1.29 is 19.4 Å². The summed E-state index contributed by atoms with van der Waals surface area (Å²) in [6, 6.07) is 0. The SMILES string of the molecule is CC/C=C\C/C=C\C/C=C\C/C=C\C/C=C\CC(=O)OC(CCCCCCCCC)CCCCCCCC(=O)O. The van der Waals surface area contributed by atoms with Crippen LogP contribution >= 0.6 is 0 Å². The molecule has 0 aliphatic rings. The van der Waals surface area contributed by atoms with Gasteiger partial charge in [0.1, 0.15) is 6.10 Å². The number of hydrogen-bond donors (Lipinski definition) is 1. The van der Waals surface area contributed by atoms with Gasteiger partial charge in [0.25, 0.3) is 0 Å². The van der Waals surface area contributed by atoms with Crippen molar-refractivity contribution in [1.29, 1.82) is 0 Å². The average Bonchev–Trinajstić information content (AvgIpc) is 2.93. The van der Waals surface area contributed by atoms with Gasteiger partial charge in [-0.3, -0.25) is 9.59 Å². The second-order valence-electron chi connectivity index (χ2n) is 10.6. The predicted molar refractivity (Wildman–Crippen MR) is 172 cm³/mol. The van der Waals surface area contributed by atoms with Crippen molar-refractivity contribution in [3.8, 4) is 0 Å². The molecule has 0 fully saturated rings. The van der Waals surface area contributed by atoms with Crippen LogP contribution in [0.4, 0.5) is 0 Å². The van der Waals surface area contributed by atoms with E-state index in [4.69, 9.17) is 9.84 Å². The Hall–Kier alpha value is -2.36. The van der Waals surface area contributed by atoms with E-state index in [2.05, 4.69) is 62.5 Å². The number of unbranched alkanes of at least 4 members (excludes halogenated alkanes) is 10. The lowest BCUT2D eigenvalue weighted by molar-refractivity contribution is -0.148. The summed E-state index contributed by atoms with van der Waals surface area (Å²) in [6.45, 7) is 4.39. The van der Waals surface area contributed by atoms with Crippen LogP contribution in [0, 0.1) is 0 Å². The zero-order valence-corrected chi connectivity index (χ0v) is 25.9. The van der Waals surface area contributed by atoms with Crippen LogP contribution in [-0.4, -0.2) is 23.1 Å². The third-order valence-corrected chi connectivity index (χ3v) is 6.79. The van der Waals surface area contributed by atoms with Gasteiger partial charge in [0.05, 0.1) is 6.42 Å². The Balaban J connectivity index is 4.21. The predicted octanol–water partition coefficient (Wildman–Crippen LogP) is 11.0. The number of esters is 1. The molecule has 0 saturated carbocycles. The van der Waals surface area contributed by atoms with Crippen LogP contribution < -0.4 is 0 Å². The van der Waals surface area contributed by atoms with E-state index in [0.717, 1.165) is 83.5 Å². The largest absolute Gasteiger partial charge is 0.481 e. The Morgan fingerprint density at radius 2 is 1.00 bits per heavy atom. The van der Waals surface area contributed by atoms with Gasteiger partial charge < -0.3 is 9.84 Å². The summed E-state index contributed by atoms with van der Waals surface area (Å²) in [5.41, 5.74) is 0. The summed E-state index contributed by atoms with van der Waals surface area (Å²) in [5.74, 6) is -0.843. The second-order valence-corrected chi connectivity index (χ2v) is 10.6. The summed E-state index contributed by atoms with van der Waals surface area (Å²) in [5, 5.41) is 8.76. The fourth-order valence-corrected chi connectivity index (χ4v) is 4.43. The Kier molecular flexibility index (Phi) is 29.3. The molecule has 0 aliphatic heterocycles. The number of carbonyl (C=O) groups is 2. The lowest BCUT2D eigenvalue weighted by Crippen LogP contribution is -2.18. The fourth-order valence-electron chi connectivity index (χ4n) is 4.43. The number of carbonyl (C=O) groups excluding carboxylic acids is 1. The van der Waals surface area contributed by atoms with Crippen molar-refractivity contribution in [2.75, 3.05) is 0 Å². The van der Waals surface area contributed by atoms with Gasteiger partial charge in [-0.2, -0.15) is 0 Å². The van der Waals surface area contributed by atoms with Crippen molar-refractivity contribution in [1.82, 2.24) is 0 Å². The van der Waals surface area contributed by atoms with E-state index in [0.29, 0.717) is 6.42 Å². The molecule has 0 aliphatic carbocycles. The average molecular weight is 557 g/mol. The normalized spacial score (nSPS) is 13.1. The van der Waals surface area contributed by atoms with Crippen molar-refractivity contribution in [2.24, 2.45) is 0 Å². The topological polar surface area (TPSA) is 63.6 Å². The highest BCUT2D eigenvalue weighted by molar-refractivity contribution is 5.71. The highest BCUT2D eigenvalue weighted by Gasteiger charge is 2.13. The zero-order chi connectivity index (χ0) is 29.4. The molecule has 0 rings (SSSR count). The van der Waals surface area contributed by atoms with Crippen LogP contribution in [0.3, 0.4) is 0 Å². The molecule has 1 atom stereocenters. The molecular formula is C36H60O4. The van der Waals surface area contributed by atoms with Gasteiger partial charge in [0, 0.05) is 6.42 Å². The monoisotopic (exact) mass is 556 g/mol. The van der Waals surface area contributed by atoms with E-state index < -0.39 is 5.97 Å². The minimum absolute atomic E-state index is 0.00453. The number of aliphatic carboxylic acids is 1. The van der Waals surface area contributed by atoms with Crippen LogP contribution in [0.15, 0.2) is 60.8 Å². The Morgan fingerprint density at radius 1 is 0.575 bits per heavy atom. The first kappa shape index (κ1) is 37.6. The summed E-state index contributed by atoms with van der Waals surface area (Å²) < 4.78 is 5.87. The minimum atomic E-state index is -0.714. The molecule has 228 valence electrons. The van der Waals surface area contributed by atoms with Crippen molar-refractivity contribution in [2.45, 2.75) is 155 Å². The maximum absolute atomic E-state index is 12.5. The van der Waals surface area contributed by atoms with E-state index in [1.54, 1.807) is 0 Å². The molecule has 1 unspecified atom stereocenters. The van der Waals surface area contributed by atoms with Crippen LogP contribution in [-0.2, 0) is 14.3 Å². The molecule has 0 heterocycles. The molecule has 0 amide bonds. The lowest BCUT2D eigenvalue weighted by atomic mass is 10.0. The van der Waals surface area contributed by atoms with E-state index in [-0.39, 0.29) is 18.5 Å². The minimum Gasteiger partial charge on any atom is -0.481 e. The first-order valence-electron chi connectivity index (χ1n) is 16.3. The van der Waals surface area contributed by atoms with E-state index in [9.17, 15) is 9.59 Å². The molecule has 4 heteroatoms. The van der Waals surface area contributed by atoms with E-state index in [1.165, 1.54) is 38.5 Å². The van der Waals surface area contributed by atoms with Gasteiger partial charge in [-0.15, -0.1) is 0 Å². The first-order valence-corrected chi connectivity index (χ1v) is 16.3. The second kappa shape index (κ2) is 31.2. The van der Waals surface area contributed by atoms with E-state index in [1.807, 2.05) is 12.2 Å². The van der Waals surface area contributed by atoms with Gasteiger partial charge in [0.2, 0.25) is 0 Å². The molecule has 0 aromatic carbocycles. The van der Waals surface area contributed by atoms with Gasteiger partial charge in [-0.05, 0) is 64.2 Å². The number of carboxylic acid groups (broad SMARTS) is 1. The van der Waals surface area contributed by atoms with E-state index >= 15 is 0 Å². The highest BCUT2D eigenvalue weighted by atomic mass is 16.5. The molecular weight excluding hydrogens is 496 g/mol. The first-order chi connectivity index (χ1) is 19.6.